The molecule has 0 N–H and O–H groups in total. The fourth-order valence-corrected chi connectivity index (χ4v) is 18.8. The molecule has 4 aromatic heterocycles. The zero-order valence-electron chi connectivity index (χ0n) is 45.1. The molecule has 0 spiro atoms. The van der Waals surface area contributed by atoms with E-state index >= 15 is 0 Å². The van der Waals surface area contributed by atoms with Crippen molar-refractivity contribution in [1.82, 2.24) is 9.13 Å². The zero-order valence-corrected chi connectivity index (χ0v) is 46.1. The van der Waals surface area contributed by atoms with Gasteiger partial charge in [0.2, 0.25) is 0 Å². The van der Waals surface area contributed by atoms with Gasteiger partial charge in [-0.3, -0.25) is 0 Å². The Hall–Kier alpha value is -10.7. The largest absolute Gasteiger partial charge is 0.456 e. The molecule has 0 radical (unpaired) electrons. The van der Waals surface area contributed by atoms with Crippen molar-refractivity contribution in [3.05, 3.63) is 303 Å². The summed E-state index contributed by atoms with van der Waals surface area (Å²) in [4.78, 5) is 0. The summed E-state index contributed by atoms with van der Waals surface area (Å²) in [6.45, 7) is 0. The number of furan rings is 2. The minimum Gasteiger partial charge on any atom is -0.456 e. The summed E-state index contributed by atoms with van der Waals surface area (Å²) < 4.78 is 19.3. The highest BCUT2D eigenvalue weighted by Crippen LogP contribution is 2.40. The molecule has 0 saturated carbocycles. The summed E-state index contributed by atoms with van der Waals surface area (Å²) in [6.07, 6.45) is 0. The van der Waals surface area contributed by atoms with Gasteiger partial charge in [0.05, 0.1) is 22.1 Å². The SMILES string of the molecule is c1ccc([Si](c2ccccc2)(c2cccc3c2oc2ccc(-c4cccc(-n5c6ccccc6c6ccccc65)c4)cc23)c2cccc3c2oc2ccc(-c4ccccc4-c4ccc(-n5c6ccccc6c6ccccc65)cc4)cc23)cc1. The van der Waals surface area contributed by atoms with Gasteiger partial charge in [0, 0.05) is 54.5 Å². The number of rotatable bonds is 9. The molecule has 83 heavy (non-hydrogen) atoms. The first kappa shape index (κ1) is 47.1. The van der Waals surface area contributed by atoms with Gasteiger partial charge >= 0.3 is 0 Å². The van der Waals surface area contributed by atoms with Crippen molar-refractivity contribution >= 4 is 116 Å². The summed E-state index contributed by atoms with van der Waals surface area (Å²) in [7, 11) is -3.29. The van der Waals surface area contributed by atoms with Crippen LogP contribution in [-0.2, 0) is 0 Å². The van der Waals surface area contributed by atoms with Gasteiger partial charge in [-0.25, -0.2) is 0 Å². The second kappa shape index (κ2) is 18.7. The lowest BCUT2D eigenvalue weighted by molar-refractivity contribution is 0.670. The Bertz CT molecular complexity index is 5250. The maximum atomic E-state index is 7.29. The van der Waals surface area contributed by atoms with E-state index in [1.165, 1.54) is 69.9 Å². The molecule has 5 heteroatoms. The fraction of sp³-hybridized carbons (Fsp3) is 0. The lowest BCUT2D eigenvalue weighted by Gasteiger charge is -2.34. The second-order valence-corrected chi connectivity index (χ2v) is 25.6. The van der Waals surface area contributed by atoms with Crippen molar-refractivity contribution < 1.29 is 8.83 Å². The molecular weight excluding hydrogens is 1020 g/mol. The van der Waals surface area contributed by atoms with Crippen molar-refractivity contribution in [2.24, 2.45) is 0 Å². The summed E-state index contributed by atoms with van der Waals surface area (Å²) in [5.41, 5.74) is 17.4. The third kappa shape index (κ3) is 7.18. The average molecular weight is 1080 g/mol. The molecule has 0 bridgehead atoms. The van der Waals surface area contributed by atoms with E-state index in [0.717, 1.165) is 83.1 Å². The van der Waals surface area contributed by atoms with E-state index in [4.69, 9.17) is 8.83 Å². The molecule has 0 saturated heterocycles. The van der Waals surface area contributed by atoms with Gasteiger partial charge in [0.1, 0.15) is 22.3 Å². The first-order chi connectivity index (χ1) is 41.2. The Morgan fingerprint density at radius 1 is 0.241 bits per heavy atom. The first-order valence-corrected chi connectivity index (χ1v) is 30.5. The van der Waals surface area contributed by atoms with Crippen molar-refractivity contribution in [3.8, 4) is 44.8 Å². The Morgan fingerprint density at radius 3 is 1.14 bits per heavy atom. The lowest BCUT2D eigenvalue weighted by Crippen LogP contribution is -2.75. The van der Waals surface area contributed by atoms with Gasteiger partial charge in [0.25, 0.3) is 0 Å². The topological polar surface area (TPSA) is 36.1 Å². The van der Waals surface area contributed by atoms with E-state index in [2.05, 4.69) is 312 Å². The molecule has 0 aliphatic heterocycles. The Balaban J connectivity index is 0.807. The van der Waals surface area contributed by atoms with Crippen LogP contribution in [0.3, 0.4) is 0 Å². The van der Waals surface area contributed by atoms with Gasteiger partial charge in [-0.1, -0.05) is 231 Å². The van der Waals surface area contributed by atoms with Crippen LogP contribution in [0.1, 0.15) is 0 Å². The van der Waals surface area contributed by atoms with Gasteiger partial charge in [-0.2, -0.15) is 0 Å². The molecule has 0 aliphatic carbocycles. The number of hydrogen-bond acceptors (Lipinski definition) is 2. The normalized spacial score (nSPS) is 12.1. The van der Waals surface area contributed by atoms with Crippen LogP contribution in [0.25, 0.3) is 132 Å². The van der Waals surface area contributed by atoms with Crippen molar-refractivity contribution in [1.29, 1.82) is 0 Å². The summed E-state index contributed by atoms with van der Waals surface area (Å²) >= 11 is 0. The Kier molecular flexibility index (Phi) is 10.6. The monoisotopic (exact) mass is 1070 g/mol. The number of hydrogen-bond donors (Lipinski definition) is 0. The number of aromatic nitrogens is 2. The third-order valence-electron chi connectivity index (χ3n) is 17.5. The molecular formula is C78H50N2O2Si. The van der Waals surface area contributed by atoms with Crippen LogP contribution in [0.4, 0.5) is 0 Å². The van der Waals surface area contributed by atoms with Crippen LogP contribution in [0.2, 0.25) is 0 Å². The predicted molar refractivity (Wildman–Crippen MR) is 350 cm³/mol. The van der Waals surface area contributed by atoms with Gasteiger partial charge in [-0.05, 0) is 127 Å². The van der Waals surface area contributed by atoms with E-state index < -0.39 is 8.07 Å². The quantitative estimate of drug-likeness (QED) is 0.107. The van der Waals surface area contributed by atoms with E-state index in [9.17, 15) is 0 Å². The van der Waals surface area contributed by atoms with E-state index in [1.807, 2.05) is 0 Å². The molecule has 0 fully saturated rings. The van der Waals surface area contributed by atoms with Crippen molar-refractivity contribution in [2.75, 3.05) is 0 Å². The zero-order chi connectivity index (χ0) is 54.6. The molecule has 13 aromatic carbocycles. The van der Waals surface area contributed by atoms with Crippen molar-refractivity contribution in [3.63, 3.8) is 0 Å². The number of para-hydroxylation sites is 6. The first-order valence-electron chi connectivity index (χ1n) is 28.5. The minimum absolute atomic E-state index is 0.852. The highest BCUT2D eigenvalue weighted by atomic mass is 28.3. The van der Waals surface area contributed by atoms with Gasteiger partial charge in [0.15, 0.2) is 8.07 Å². The van der Waals surface area contributed by atoms with Crippen LogP contribution < -0.4 is 20.7 Å². The minimum atomic E-state index is -3.29. The molecule has 388 valence electrons. The number of benzene rings is 13. The van der Waals surface area contributed by atoms with Gasteiger partial charge in [-0.15, -0.1) is 0 Å². The maximum absolute atomic E-state index is 7.29. The fourth-order valence-electron chi connectivity index (χ4n) is 13.8. The average Bonchev–Trinajstić information content (AvgIpc) is 4.15. The molecule has 4 nitrogen and oxygen atoms in total. The second-order valence-electron chi connectivity index (χ2n) is 21.9. The molecule has 4 heterocycles. The van der Waals surface area contributed by atoms with Crippen LogP contribution in [-0.4, -0.2) is 17.2 Å². The standard InChI is InChI=1S/C78H50N2O2Si/c1-3-22-57(23-4-1)83(58-24-5-2-6-25-58,75-38-18-32-65-67-49-53(42-46-73(67)81-77(65)75)52-20-17-21-56(48-52)80-71-36-15-11-30-63(71)64-31-12-16-37-72(64)80)76-39-19-33-66-68-50-54(43-47-74(68)82-78(66)76)60-27-8-7-26-59(60)51-40-44-55(45-41-51)79-69-34-13-9-28-61(69)62-29-10-14-35-70(62)79/h1-50H. The summed E-state index contributed by atoms with van der Waals surface area (Å²) in [5, 5.41) is 14.2. The molecule has 0 amide bonds. The van der Waals surface area contributed by atoms with E-state index in [1.54, 1.807) is 0 Å². The number of fused-ring (bicyclic) bond motifs is 12. The Morgan fingerprint density at radius 2 is 0.627 bits per heavy atom. The van der Waals surface area contributed by atoms with Crippen LogP contribution in [0.5, 0.6) is 0 Å². The van der Waals surface area contributed by atoms with Crippen LogP contribution >= 0.6 is 0 Å². The smallest absolute Gasteiger partial charge is 0.188 e. The highest BCUT2D eigenvalue weighted by Gasteiger charge is 2.46. The molecule has 17 aromatic rings. The third-order valence-corrected chi connectivity index (χ3v) is 22.3. The summed E-state index contributed by atoms with van der Waals surface area (Å²) in [6, 6.07) is 111. The molecule has 0 aliphatic rings. The van der Waals surface area contributed by atoms with Crippen LogP contribution in [0.15, 0.2) is 312 Å². The van der Waals surface area contributed by atoms with E-state index in [-0.39, 0.29) is 0 Å². The summed E-state index contributed by atoms with van der Waals surface area (Å²) in [5.74, 6) is 0. The maximum Gasteiger partial charge on any atom is 0.188 e. The van der Waals surface area contributed by atoms with Gasteiger partial charge < -0.3 is 18.0 Å². The Labute approximate surface area is 479 Å². The predicted octanol–water partition coefficient (Wildman–Crippen LogP) is 18.1. The molecule has 0 atom stereocenters. The lowest BCUT2D eigenvalue weighted by atomic mass is 9.93. The number of nitrogens with zero attached hydrogens (tertiary/aromatic N) is 2. The molecule has 17 rings (SSSR count). The molecule has 0 unspecified atom stereocenters. The van der Waals surface area contributed by atoms with Crippen molar-refractivity contribution in [2.45, 2.75) is 0 Å². The van der Waals surface area contributed by atoms with Crippen LogP contribution in [0, 0.1) is 0 Å². The highest BCUT2D eigenvalue weighted by molar-refractivity contribution is 7.21. The van der Waals surface area contributed by atoms with E-state index in [0.29, 0.717) is 0 Å².